The molecule has 0 atom stereocenters. The number of amides is 1. The van der Waals surface area contributed by atoms with Crippen molar-refractivity contribution in [1.82, 2.24) is 4.98 Å². The zero-order valence-electron chi connectivity index (χ0n) is 18.1. The zero-order valence-corrected chi connectivity index (χ0v) is 19.7. The van der Waals surface area contributed by atoms with Crippen LogP contribution in [0.15, 0.2) is 89.4 Å². The predicted molar refractivity (Wildman–Crippen MR) is 138 cm³/mol. The molecule has 5 aromatic rings. The van der Waals surface area contributed by atoms with Crippen LogP contribution < -0.4 is 10.1 Å². The molecule has 1 N–H and O–H groups in total. The average Bonchev–Trinajstić information content (AvgIpc) is 3.50. The molecule has 0 radical (unpaired) electrons. The van der Waals surface area contributed by atoms with Gasteiger partial charge in [0.25, 0.3) is 0 Å². The van der Waals surface area contributed by atoms with E-state index in [1.54, 1.807) is 36.7 Å². The summed E-state index contributed by atoms with van der Waals surface area (Å²) in [5.74, 6) is 1.52. The Morgan fingerprint density at radius 2 is 1.82 bits per heavy atom. The lowest BCUT2D eigenvalue weighted by molar-refractivity contribution is -0.111. The van der Waals surface area contributed by atoms with Gasteiger partial charge >= 0.3 is 0 Å². The third-order valence-corrected chi connectivity index (χ3v) is 6.49. The molecule has 1 amide bonds. The van der Waals surface area contributed by atoms with Crippen molar-refractivity contribution in [2.45, 2.75) is 0 Å². The number of methoxy groups -OCH3 is 1. The van der Waals surface area contributed by atoms with E-state index >= 15 is 0 Å². The number of halogens is 1. The molecule has 5 nitrogen and oxygen atoms in total. The summed E-state index contributed by atoms with van der Waals surface area (Å²) in [5.41, 5.74) is 3.32. The lowest BCUT2D eigenvalue weighted by atomic mass is 10.2. The second kappa shape index (κ2) is 9.55. The molecule has 34 heavy (non-hydrogen) atoms. The smallest absolute Gasteiger partial charge is 0.248 e. The molecule has 7 heteroatoms. The lowest BCUT2D eigenvalue weighted by Crippen LogP contribution is -2.09. The molecule has 5 rings (SSSR count). The van der Waals surface area contributed by atoms with E-state index in [-0.39, 0.29) is 5.91 Å². The topological polar surface area (TPSA) is 64.4 Å². The second-order valence-electron chi connectivity index (χ2n) is 7.43. The summed E-state index contributed by atoms with van der Waals surface area (Å²) < 4.78 is 12.4. The van der Waals surface area contributed by atoms with E-state index in [9.17, 15) is 4.79 Å². The molecule has 2 aromatic heterocycles. The molecule has 0 saturated heterocycles. The second-order valence-corrected chi connectivity index (χ2v) is 8.90. The molecule has 2 heterocycles. The average molecular weight is 487 g/mol. The van der Waals surface area contributed by atoms with Crippen LogP contribution in [0.3, 0.4) is 0 Å². The van der Waals surface area contributed by atoms with E-state index in [4.69, 9.17) is 25.7 Å². The van der Waals surface area contributed by atoms with Gasteiger partial charge in [-0.05, 0) is 72.8 Å². The van der Waals surface area contributed by atoms with Crippen LogP contribution in [0.2, 0.25) is 5.02 Å². The van der Waals surface area contributed by atoms with E-state index in [1.165, 1.54) is 6.08 Å². The monoisotopic (exact) mass is 486 g/mol. The maximum Gasteiger partial charge on any atom is 0.248 e. The molecule has 0 aliphatic carbocycles. The highest BCUT2D eigenvalue weighted by molar-refractivity contribution is 7.21. The number of nitrogens with one attached hydrogen (secondary N) is 1. The first-order valence-corrected chi connectivity index (χ1v) is 11.7. The number of anilines is 1. The Hall–Kier alpha value is -3.87. The fraction of sp³-hybridized carbons (Fsp3) is 0.0370. The number of carbonyl (C=O) groups is 1. The van der Waals surface area contributed by atoms with Crippen LogP contribution in [0.5, 0.6) is 5.75 Å². The number of fused-ring (bicyclic) bond motifs is 1. The zero-order chi connectivity index (χ0) is 23.5. The summed E-state index contributed by atoms with van der Waals surface area (Å²) in [6, 6.07) is 24.6. The highest BCUT2D eigenvalue weighted by Gasteiger charge is 2.12. The molecule has 0 bridgehead atoms. The first-order valence-electron chi connectivity index (χ1n) is 10.5. The van der Waals surface area contributed by atoms with Gasteiger partial charge in [-0.1, -0.05) is 23.7 Å². The minimum absolute atomic E-state index is 0.302. The Balaban J connectivity index is 1.33. The van der Waals surface area contributed by atoms with E-state index in [0.717, 1.165) is 26.4 Å². The van der Waals surface area contributed by atoms with Gasteiger partial charge in [0, 0.05) is 22.2 Å². The summed E-state index contributed by atoms with van der Waals surface area (Å²) in [5, 5.41) is 4.43. The Kier molecular flexibility index (Phi) is 6.16. The van der Waals surface area contributed by atoms with Gasteiger partial charge in [0.05, 0.1) is 23.0 Å². The van der Waals surface area contributed by atoms with Gasteiger partial charge in [-0.25, -0.2) is 4.98 Å². The number of hydrogen-bond acceptors (Lipinski definition) is 5. The van der Waals surface area contributed by atoms with Crippen molar-refractivity contribution in [2.24, 2.45) is 0 Å². The van der Waals surface area contributed by atoms with Crippen LogP contribution >= 0.6 is 22.9 Å². The van der Waals surface area contributed by atoms with Gasteiger partial charge in [0.1, 0.15) is 22.3 Å². The van der Waals surface area contributed by atoms with Crippen molar-refractivity contribution in [1.29, 1.82) is 0 Å². The standard InChI is InChI=1S/C27H19ClN2O3S/c1-32-24-13-8-18(27-30-21-4-2-3-5-25(21)34-27)16-22(24)29-26(31)15-12-20-11-14-23(33-20)17-6-9-19(28)10-7-17/h2-16H,1H3,(H,29,31)/b15-12+. The molecule has 0 aliphatic heterocycles. The molecule has 0 unspecified atom stereocenters. The number of furan rings is 1. The van der Waals surface area contributed by atoms with Crippen LogP contribution in [0.4, 0.5) is 5.69 Å². The van der Waals surface area contributed by atoms with Gasteiger partial charge in [-0.2, -0.15) is 0 Å². The third-order valence-electron chi connectivity index (χ3n) is 5.15. The molecular weight excluding hydrogens is 468 g/mol. The Labute approximate surface area is 205 Å². The van der Waals surface area contributed by atoms with Crippen LogP contribution in [-0.2, 0) is 4.79 Å². The van der Waals surface area contributed by atoms with Crippen LogP contribution in [0, 0.1) is 0 Å². The van der Waals surface area contributed by atoms with E-state index < -0.39 is 0 Å². The number of nitrogens with zero attached hydrogens (tertiary/aromatic N) is 1. The number of aromatic nitrogens is 1. The highest BCUT2D eigenvalue weighted by atomic mass is 35.5. The number of hydrogen-bond donors (Lipinski definition) is 1. The van der Waals surface area contributed by atoms with Crippen LogP contribution in [-0.4, -0.2) is 18.0 Å². The normalized spacial score (nSPS) is 11.2. The predicted octanol–water partition coefficient (Wildman–Crippen LogP) is 7.54. The van der Waals surface area contributed by atoms with Crippen LogP contribution in [0.1, 0.15) is 5.76 Å². The molecular formula is C27H19ClN2O3S. The Bertz CT molecular complexity index is 1470. The summed E-state index contributed by atoms with van der Waals surface area (Å²) in [4.78, 5) is 17.3. The number of carbonyl (C=O) groups excluding carboxylic acids is 1. The highest BCUT2D eigenvalue weighted by Crippen LogP contribution is 2.35. The molecule has 0 spiro atoms. The quantitative estimate of drug-likeness (QED) is 0.252. The number of ether oxygens (including phenoxy) is 1. The Morgan fingerprint density at radius 1 is 1.03 bits per heavy atom. The Morgan fingerprint density at radius 3 is 2.62 bits per heavy atom. The molecule has 3 aromatic carbocycles. The largest absolute Gasteiger partial charge is 0.495 e. The van der Waals surface area contributed by atoms with Crippen molar-refractivity contribution in [3.8, 4) is 27.6 Å². The van der Waals surface area contributed by atoms with Gasteiger partial charge in [-0.15, -0.1) is 11.3 Å². The van der Waals surface area contributed by atoms with Gasteiger partial charge in [0.2, 0.25) is 5.91 Å². The van der Waals surface area contributed by atoms with Crippen molar-refractivity contribution in [3.05, 3.63) is 95.7 Å². The number of benzene rings is 3. The lowest BCUT2D eigenvalue weighted by Gasteiger charge is -2.10. The summed E-state index contributed by atoms with van der Waals surface area (Å²) in [6.45, 7) is 0. The summed E-state index contributed by atoms with van der Waals surface area (Å²) in [7, 11) is 1.57. The van der Waals surface area contributed by atoms with E-state index in [0.29, 0.717) is 28.0 Å². The first-order chi connectivity index (χ1) is 16.6. The fourth-order valence-corrected chi connectivity index (χ4v) is 4.57. The van der Waals surface area contributed by atoms with Crippen LogP contribution in [0.25, 0.3) is 38.2 Å². The molecule has 0 fully saturated rings. The fourth-order valence-electron chi connectivity index (χ4n) is 3.48. The number of thiazole rings is 1. The first kappa shape index (κ1) is 21.9. The van der Waals surface area contributed by atoms with E-state index in [2.05, 4.69) is 5.32 Å². The van der Waals surface area contributed by atoms with Gasteiger partial charge in [0.15, 0.2) is 0 Å². The molecule has 168 valence electrons. The van der Waals surface area contributed by atoms with Gasteiger partial charge in [-0.3, -0.25) is 4.79 Å². The van der Waals surface area contributed by atoms with Crippen molar-refractivity contribution in [3.63, 3.8) is 0 Å². The van der Waals surface area contributed by atoms with Crippen molar-refractivity contribution >= 4 is 50.8 Å². The molecule has 0 aliphatic rings. The summed E-state index contributed by atoms with van der Waals surface area (Å²) >= 11 is 7.54. The van der Waals surface area contributed by atoms with Crippen molar-refractivity contribution in [2.75, 3.05) is 12.4 Å². The minimum Gasteiger partial charge on any atom is -0.495 e. The van der Waals surface area contributed by atoms with Gasteiger partial charge < -0.3 is 14.5 Å². The van der Waals surface area contributed by atoms with E-state index in [1.807, 2.05) is 66.7 Å². The number of rotatable bonds is 6. The summed E-state index contributed by atoms with van der Waals surface area (Å²) in [6.07, 6.45) is 3.05. The molecule has 0 saturated carbocycles. The maximum absolute atomic E-state index is 12.6. The number of para-hydroxylation sites is 1. The third kappa shape index (κ3) is 4.73. The van der Waals surface area contributed by atoms with Crippen molar-refractivity contribution < 1.29 is 13.9 Å². The maximum atomic E-state index is 12.6. The minimum atomic E-state index is -0.302. The SMILES string of the molecule is COc1ccc(-c2nc3ccccc3s2)cc1NC(=O)/C=C/c1ccc(-c2ccc(Cl)cc2)o1.